The molecule has 2 heterocycles. The van der Waals surface area contributed by atoms with Crippen molar-refractivity contribution in [2.45, 2.75) is 26.4 Å². The van der Waals surface area contributed by atoms with E-state index in [9.17, 15) is 9.90 Å². The predicted octanol–water partition coefficient (Wildman–Crippen LogP) is 1.12. The van der Waals surface area contributed by atoms with Gasteiger partial charge in [0.25, 0.3) is 5.91 Å². The Bertz CT molecular complexity index is 655. The third kappa shape index (κ3) is 2.80. The molecule has 108 valence electrons. The molecule has 0 aliphatic rings. The van der Waals surface area contributed by atoms with Gasteiger partial charge in [0.15, 0.2) is 5.65 Å². The number of aryl methyl sites for hydroxylation is 2. The van der Waals surface area contributed by atoms with Crippen LogP contribution in [0.25, 0.3) is 11.0 Å². The normalized spacial score (nSPS) is 11.9. The van der Waals surface area contributed by atoms with Crippen molar-refractivity contribution in [3.8, 4) is 0 Å². The number of nitrogens with zero attached hydrogens (tertiary/aromatic N) is 4. The minimum Gasteiger partial charge on any atom is -0.389 e. The van der Waals surface area contributed by atoms with E-state index in [1.165, 1.54) is 4.90 Å². The molecule has 1 N–H and O–H groups in total. The van der Waals surface area contributed by atoms with Crippen LogP contribution in [-0.2, 0) is 7.05 Å². The zero-order valence-electron chi connectivity index (χ0n) is 12.5. The molecule has 0 aliphatic carbocycles. The average molecular weight is 276 g/mol. The minimum atomic E-state index is -0.924. The zero-order valence-corrected chi connectivity index (χ0v) is 12.5. The highest BCUT2D eigenvalue weighted by atomic mass is 16.3. The second-order valence-electron chi connectivity index (χ2n) is 5.78. The maximum absolute atomic E-state index is 12.3. The van der Waals surface area contributed by atoms with Crippen LogP contribution in [0, 0.1) is 6.92 Å². The number of hydrogen-bond donors (Lipinski definition) is 1. The highest BCUT2D eigenvalue weighted by Crippen LogP contribution is 2.17. The van der Waals surface area contributed by atoms with Crippen LogP contribution in [0.4, 0.5) is 0 Å². The number of rotatable bonds is 3. The predicted molar refractivity (Wildman–Crippen MR) is 76.5 cm³/mol. The summed E-state index contributed by atoms with van der Waals surface area (Å²) in [4.78, 5) is 18.1. The number of fused-ring (bicyclic) bond motifs is 1. The van der Waals surface area contributed by atoms with Gasteiger partial charge in [0, 0.05) is 32.2 Å². The average Bonchev–Trinajstić information content (AvgIpc) is 2.61. The van der Waals surface area contributed by atoms with E-state index in [0.717, 1.165) is 16.7 Å². The fourth-order valence-electron chi connectivity index (χ4n) is 2.30. The van der Waals surface area contributed by atoms with Crippen LogP contribution in [0.1, 0.15) is 29.9 Å². The fourth-order valence-corrected chi connectivity index (χ4v) is 2.30. The number of carbonyl (C=O) groups excluding carboxylic acids is 1. The lowest BCUT2D eigenvalue weighted by molar-refractivity contribution is 0.0368. The number of carbonyl (C=O) groups is 1. The lowest BCUT2D eigenvalue weighted by Crippen LogP contribution is -2.39. The molecule has 0 aliphatic heterocycles. The molecule has 0 aromatic carbocycles. The van der Waals surface area contributed by atoms with E-state index in [2.05, 4.69) is 10.1 Å². The quantitative estimate of drug-likeness (QED) is 0.912. The van der Waals surface area contributed by atoms with Gasteiger partial charge in [-0.2, -0.15) is 5.10 Å². The molecule has 0 saturated heterocycles. The maximum atomic E-state index is 12.3. The van der Waals surface area contributed by atoms with Gasteiger partial charge in [-0.1, -0.05) is 0 Å². The van der Waals surface area contributed by atoms with Crippen LogP contribution in [0.2, 0.25) is 0 Å². The first-order valence-electron chi connectivity index (χ1n) is 6.46. The Morgan fingerprint density at radius 2 is 2.15 bits per heavy atom. The molecule has 0 saturated carbocycles. The number of hydrogen-bond acceptors (Lipinski definition) is 4. The van der Waals surface area contributed by atoms with Crippen molar-refractivity contribution in [3.63, 3.8) is 0 Å². The summed E-state index contributed by atoms with van der Waals surface area (Å²) in [7, 11) is 3.49. The van der Waals surface area contributed by atoms with Gasteiger partial charge in [-0.05, 0) is 26.8 Å². The first kappa shape index (κ1) is 14.5. The summed E-state index contributed by atoms with van der Waals surface area (Å²) in [5, 5.41) is 14.9. The smallest absolute Gasteiger partial charge is 0.255 e. The van der Waals surface area contributed by atoms with Gasteiger partial charge >= 0.3 is 0 Å². The van der Waals surface area contributed by atoms with Crippen LogP contribution in [-0.4, -0.2) is 49.9 Å². The molecule has 2 rings (SSSR count). The number of pyridine rings is 1. The van der Waals surface area contributed by atoms with Gasteiger partial charge in [-0.25, -0.2) is 4.98 Å². The van der Waals surface area contributed by atoms with Crippen LogP contribution in [0.3, 0.4) is 0 Å². The largest absolute Gasteiger partial charge is 0.389 e. The molecule has 0 atom stereocenters. The third-order valence-electron chi connectivity index (χ3n) is 3.08. The highest BCUT2D eigenvalue weighted by Gasteiger charge is 2.21. The first-order valence-corrected chi connectivity index (χ1v) is 6.46. The van der Waals surface area contributed by atoms with E-state index in [1.807, 2.05) is 14.0 Å². The molecule has 0 bridgehead atoms. The van der Waals surface area contributed by atoms with E-state index in [4.69, 9.17) is 0 Å². The number of likely N-dealkylation sites (N-methyl/N-ethyl adjacent to an activating group) is 1. The molecule has 0 unspecified atom stereocenters. The molecular weight excluding hydrogens is 256 g/mol. The summed E-state index contributed by atoms with van der Waals surface area (Å²) in [6.45, 7) is 5.49. The van der Waals surface area contributed by atoms with Crippen LogP contribution >= 0.6 is 0 Å². The van der Waals surface area contributed by atoms with Crippen LogP contribution < -0.4 is 0 Å². The van der Waals surface area contributed by atoms with Crippen LogP contribution in [0.15, 0.2) is 12.3 Å². The first-order chi connectivity index (χ1) is 9.19. The van der Waals surface area contributed by atoms with Gasteiger partial charge in [0.2, 0.25) is 0 Å². The highest BCUT2D eigenvalue weighted by molar-refractivity contribution is 5.97. The molecule has 0 fully saturated rings. The van der Waals surface area contributed by atoms with E-state index >= 15 is 0 Å². The lowest BCUT2D eigenvalue weighted by Gasteiger charge is -2.25. The monoisotopic (exact) mass is 276 g/mol. The summed E-state index contributed by atoms with van der Waals surface area (Å²) in [6, 6.07) is 1.80. The van der Waals surface area contributed by atoms with Crippen LogP contribution in [0.5, 0.6) is 0 Å². The molecule has 2 aromatic rings. The lowest BCUT2D eigenvalue weighted by atomic mass is 10.1. The van der Waals surface area contributed by atoms with E-state index < -0.39 is 5.60 Å². The fraction of sp³-hybridized carbons (Fsp3) is 0.500. The Hall–Kier alpha value is -1.95. The molecule has 1 amide bonds. The summed E-state index contributed by atoms with van der Waals surface area (Å²) in [5.74, 6) is -0.162. The standard InChI is InChI=1S/C14H20N4O2/c1-9-11-6-10(7-15-12(11)18(5)16-9)13(19)17(4)8-14(2,3)20/h6-7,20H,8H2,1-5H3. The van der Waals surface area contributed by atoms with Crippen molar-refractivity contribution in [1.82, 2.24) is 19.7 Å². The summed E-state index contributed by atoms with van der Waals surface area (Å²) in [6.07, 6.45) is 1.55. The van der Waals surface area contributed by atoms with Crippen molar-refractivity contribution >= 4 is 16.9 Å². The van der Waals surface area contributed by atoms with Crippen molar-refractivity contribution in [2.24, 2.45) is 7.05 Å². The summed E-state index contributed by atoms with van der Waals surface area (Å²) < 4.78 is 1.69. The summed E-state index contributed by atoms with van der Waals surface area (Å²) in [5.41, 5.74) is 1.17. The van der Waals surface area contributed by atoms with Gasteiger partial charge < -0.3 is 10.0 Å². The van der Waals surface area contributed by atoms with E-state index in [1.54, 1.807) is 37.8 Å². The number of amides is 1. The summed E-state index contributed by atoms with van der Waals surface area (Å²) >= 11 is 0. The van der Waals surface area contributed by atoms with Crippen molar-refractivity contribution in [3.05, 3.63) is 23.5 Å². The van der Waals surface area contributed by atoms with Crippen molar-refractivity contribution in [2.75, 3.05) is 13.6 Å². The Kier molecular flexibility index (Phi) is 3.52. The Labute approximate surface area is 118 Å². The molecule has 6 heteroatoms. The molecule has 0 spiro atoms. The number of aromatic nitrogens is 3. The zero-order chi connectivity index (χ0) is 15.1. The second-order valence-corrected chi connectivity index (χ2v) is 5.78. The van der Waals surface area contributed by atoms with Crippen molar-refractivity contribution in [1.29, 1.82) is 0 Å². The molecular formula is C14H20N4O2. The van der Waals surface area contributed by atoms with Crippen molar-refractivity contribution < 1.29 is 9.90 Å². The van der Waals surface area contributed by atoms with E-state index in [0.29, 0.717) is 5.56 Å². The molecule has 20 heavy (non-hydrogen) atoms. The van der Waals surface area contributed by atoms with Gasteiger partial charge in [0.1, 0.15) is 0 Å². The van der Waals surface area contributed by atoms with Gasteiger partial charge in [-0.3, -0.25) is 9.48 Å². The number of aliphatic hydroxyl groups is 1. The van der Waals surface area contributed by atoms with Gasteiger partial charge in [0.05, 0.1) is 16.9 Å². The third-order valence-corrected chi connectivity index (χ3v) is 3.08. The maximum Gasteiger partial charge on any atom is 0.255 e. The molecule has 2 aromatic heterocycles. The Balaban J connectivity index is 2.33. The Morgan fingerprint density at radius 3 is 2.75 bits per heavy atom. The minimum absolute atomic E-state index is 0.162. The topological polar surface area (TPSA) is 71.2 Å². The second kappa shape index (κ2) is 4.86. The molecule has 6 nitrogen and oxygen atoms in total. The molecule has 0 radical (unpaired) electrons. The SMILES string of the molecule is Cc1nn(C)c2ncc(C(=O)N(C)CC(C)(C)O)cc12. The Morgan fingerprint density at radius 1 is 1.50 bits per heavy atom. The van der Waals surface area contributed by atoms with Gasteiger partial charge in [-0.15, -0.1) is 0 Å². The van der Waals surface area contributed by atoms with E-state index in [-0.39, 0.29) is 12.5 Å².